The van der Waals surface area contributed by atoms with E-state index in [2.05, 4.69) is 4.98 Å². The molecular weight excluding hydrogens is 244 g/mol. The number of carbonyl (C=O) groups is 3. The quantitative estimate of drug-likeness (QED) is 0.617. The monoisotopic (exact) mass is 254 g/mol. The van der Waals surface area contributed by atoms with Crippen molar-refractivity contribution in [3.8, 4) is 0 Å². The molecule has 0 aliphatic carbocycles. The normalized spacial score (nSPS) is 9.78. The SMILES string of the molecule is O=C(O)CN(CC(=O)O)C(=O)c1ccc(=O)[nH]c1. The molecule has 0 saturated carbocycles. The van der Waals surface area contributed by atoms with Gasteiger partial charge in [0.05, 0.1) is 5.56 Å². The average Bonchev–Trinajstić information content (AvgIpc) is 2.27. The fourth-order valence-corrected chi connectivity index (χ4v) is 1.25. The van der Waals surface area contributed by atoms with E-state index in [4.69, 9.17) is 10.2 Å². The van der Waals surface area contributed by atoms with Gasteiger partial charge in [0.2, 0.25) is 5.56 Å². The molecule has 1 aromatic heterocycles. The number of carboxylic acid groups (broad SMARTS) is 2. The molecule has 8 heteroatoms. The molecule has 0 atom stereocenters. The van der Waals surface area contributed by atoms with E-state index < -0.39 is 36.5 Å². The maximum absolute atomic E-state index is 11.8. The van der Waals surface area contributed by atoms with Crippen LogP contribution in [0.15, 0.2) is 23.1 Å². The second-order valence-electron chi connectivity index (χ2n) is 3.39. The lowest BCUT2D eigenvalue weighted by Crippen LogP contribution is -2.39. The third-order valence-corrected chi connectivity index (χ3v) is 1.97. The molecule has 0 spiro atoms. The first-order valence-electron chi connectivity index (χ1n) is 4.81. The molecule has 0 aliphatic rings. The average molecular weight is 254 g/mol. The van der Waals surface area contributed by atoms with Gasteiger partial charge in [0, 0.05) is 12.3 Å². The number of pyridine rings is 1. The Bertz CT molecular complexity index is 499. The zero-order chi connectivity index (χ0) is 13.7. The van der Waals surface area contributed by atoms with Gasteiger partial charge in [0.1, 0.15) is 13.1 Å². The van der Waals surface area contributed by atoms with Crippen molar-refractivity contribution in [2.75, 3.05) is 13.1 Å². The molecule has 1 heterocycles. The summed E-state index contributed by atoms with van der Waals surface area (Å²) in [6.07, 6.45) is 1.10. The van der Waals surface area contributed by atoms with E-state index in [0.717, 1.165) is 12.3 Å². The molecule has 96 valence electrons. The highest BCUT2D eigenvalue weighted by atomic mass is 16.4. The second kappa shape index (κ2) is 5.62. The maximum Gasteiger partial charge on any atom is 0.323 e. The number of aromatic amines is 1. The molecule has 0 aromatic carbocycles. The van der Waals surface area contributed by atoms with Crippen LogP contribution in [-0.4, -0.2) is 51.0 Å². The van der Waals surface area contributed by atoms with Crippen LogP contribution in [0.3, 0.4) is 0 Å². The first-order valence-corrected chi connectivity index (χ1v) is 4.81. The molecule has 0 radical (unpaired) electrons. The minimum Gasteiger partial charge on any atom is -0.480 e. The van der Waals surface area contributed by atoms with E-state index in [0.29, 0.717) is 4.90 Å². The number of aromatic nitrogens is 1. The lowest BCUT2D eigenvalue weighted by molar-refractivity contribution is -0.140. The van der Waals surface area contributed by atoms with Crippen LogP contribution in [0.25, 0.3) is 0 Å². The number of amides is 1. The minimum atomic E-state index is -1.32. The summed E-state index contributed by atoms with van der Waals surface area (Å²) in [5, 5.41) is 17.2. The standard InChI is InChI=1S/C10H10N2O6/c13-7-2-1-6(3-11-7)10(18)12(4-8(14)15)5-9(16)17/h1-3H,4-5H2,(H,11,13)(H,14,15)(H,16,17). The van der Waals surface area contributed by atoms with E-state index in [-0.39, 0.29) is 5.56 Å². The summed E-state index contributed by atoms with van der Waals surface area (Å²) >= 11 is 0. The summed E-state index contributed by atoms with van der Waals surface area (Å²) in [7, 11) is 0. The number of carboxylic acids is 2. The molecule has 0 unspecified atom stereocenters. The highest BCUT2D eigenvalue weighted by molar-refractivity contribution is 5.97. The van der Waals surface area contributed by atoms with Gasteiger partial charge >= 0.3 is 11.9 Å². The first kappa shape index (κ1) is 13.4. The summed E-state index contributed by atoms with van der Waals surface area (Å²) in [5.41, 5.74) is -0.410. The molecule has 1 rings (SSSR count). The molecule has 1 amide bonds. The van der Waals surface area contributed by atoms with Gasteiger partial charge in [-0.2, -0.15) is 0 Å². The van der Waals surface area contributed by atoms with Gasteiger partial charge < -0.3 is 20.1 Å². The third kappa shape index (κ3) is 3.74. The largest absolute Gasteiger partial charge is 0.480 e. The zero-order valence-corrected chi connectivity index (χ0v) is 9.12. The second-order valence-corrected chi connectivity index (χ2v) is 3.39. The Labute approximate surface area is 100 Å². The smallest absolute Gasteiger partial charge is 0.323 e. The summed E-state index contributed by atoms with van der Waals surface area (Å²) in [4.78, 5) is 46.6. The van der Waals surface area contributed by atoms with E-state index in [1.165, 1.54) is 6.07 Å². The number of hydrogen-bond donors (Lipinski definition) is 3. The summed E-state index contributed by atoms with van der Waals surface area (Å²) in [5.74, 6) is -3.43. The molecule has 0 saturated heterocycles. The number of hydrogen-bond acceptors (Lipinski definition) is 4. The van der Waals surface area contributed by atoms with Crippen LogP contribution in [0.2, 0.25) is 0 Å². The lowest BCUT2D eigenvalue weighted by atomic mass is 10.2. The number of H-pyrrole nitrogens is 1. The van der Waals surface area contributed by atoms with Crippen molar-refractivity contribution in [1.29, 1.82) is 0 Å². The number of nitrogens with one attached hydrogen (secondary N) is 1. The number of nitrogens with zero attached hydrogens (tertiary/aromatic N) is 1. The Kier molecular flexibility index (Phi) is 4.19. The number of aliphatic carboxylic acids is 2. The third-order valence-electron chi connectivity index (χ3n) is 1.97. The van der Waals surface area contributed by atoms with Crippen LogP contribution >= 0.6 is 0 Å². The van der Waals surface area contributed by atoms with Gasteiger partial charge in [-0.05, 0) is 6.07 Å². The molecule has 8 nitrogen and oxygen atoms in total. The topological polar surface area (TPSA) is 128 Å². The zero-order valence-electron chi connectivity index (χ0n) is 9.12. The molecule has 3 N–H and O–H groups in total. The van der Waals surface area contributed by atoms with Crippen molar-refractivity contribution >= 4 is 17.8 Å². The van der Waals surface area contributed by atoms with Crippen molar-refractivity contribution in [3.05, 3.63) is 34.2 Å². The first-order chi connectivity index (χ1) is 8.40. The van der Waals surface area contributed by atoms with Crippen LogP contribution in [0.1, 0.15) is 10.4 Å². The predicted octanol–water partition coefficient (Wildman–Crippen LogP) is -1.01. The Morgan fingerprint density at radius 2 is 1.67 bits per heavy atom. The Hall–Kier alpha value is -2.64. The van der Waals surface area contributed by atoms with Crippen LogP contribution in [0, 0.1) is 0 Å². The Morgan fingerprint density at radius 1 is 1.11 bits per heavy atom. The Morgan fingerprint density at radius 3 is 2.06 bits per heavy atom. The summed E-state index contributed by atoms with van der Waals surface area (Å²) in [6, 6.07) is 2.28. The highest BCUT2D eigenvalue weighted by Gasteiger charge is 2.21. The lowest BCUT2D eigenvalue weighted by Gasteiger charge is -2.18. The molecule has 18 heavy (non-hydrogen) atoms. The summed E-state index contributed by atoms with van der Waals surface area (Å²) < 4.78 is 0. The van der Waals surface area contributed by atoms with Crippen LogP contribution < -0.4 is 5.56 Å². The van der Waals surface area contributed by atoms with Crippen molar-refractivity contribution in [2.45, 2.75) is 0 Å². The van der Waals surface area contributed by atoms with Gasteiger partial charge in [0.15, 0.2) is 0 Å². The maximum atomic E-state index is 11.8. The van der Waals surface area contributed by atoms with Crippen molar-refractivity contribution in [3.63, 3.8) is 0 Å². The van der Waals surface area contributed by atoms with E-state index >= 15 is 0 Å². The highest BCUT2D eigenvalue weighted by Crippen LogP contribution is 2.01. The molecular formula is C10H10N2O6. The van der Waals surface area contributed by atoms with Crippen molar-refractivity contribution in [1.82, 2.24) is 9.88 Å². The minimum absolute atomic E-state index is 0.0112. The number of carbonyl (C=O) groups excluding carboxylic acids is 1. The van der Waals surface area contributed by atoms with Crippen molar-refractivity contribution < 1.29 is 24.6 Å². The molecule has 0 fully saturated rings. The molecule has 1 aromatic rings. The van der Waals surface area contributed by atoms with Gasteiger partial charge in [0.25, 0.3) is 5.91 Å². The summed E-state index contributed by atoms with van der Waals surface area (Å²) in [6.45, 7) is -1.46. The van der Waals surface area contributed by atoms with E-state index in [9.17, 15) is 19.2 Å². The van der Waals surface area contributed by atoms with E-state index in [1.807, 2.05) is 0 Å². The fourth-order valence-electron chi connectivity index (χ4n) is 1.25. The van der Waals surface area contributed by atoms with E-state index in [1.54, 1.807) is 0 Å². The van der Waals surface area contributed by atoms with Gasteiger partial charge in [-0.15, -0.1) is 0 Å². The van der Waals surface area contributed by atoms with Crippen LogP contribution in [0.5, 0.6) is 0 Å². The van der Waals surface area contributed by atoms with Crippen LogP contribution in [0.4, 0.5) is 0 Å². The van der Waals surface area contributed by atoms with Gasteiger partial charge in [-0.25, -0.2) is 0 Å². The molecule has 0 aliphatic heterocycles. The molecule has 0 bridgehead atoms. The number of rotatable bonds is 5. The van der Waals surface area contributed by atoms with Gasteiger partial charge in [-0.3, -0.25) is 19.2 Å². The van der Waals surface area contributed by atoms with Crippen molar-refractivity contribution in [2.24, 2.45) is 0 Å². The Balaban J connectivity index is 2.93. The fraction of sp³-hybridized carbons (Fsp3) is 0.200. The predicted molar refractivity (Wildman–Crippen MR) is 58.2 cm³/mol. The van der Waals surface area contributed by atoms with Crippen LogP contribution in [-0.2, 0) is 9.59 Å². The van der Waals surface area contributed by atoms with Gasteiger partial charge in [-0.1, -0.05) is 0 Å².